The molecule has 0 bridgehead atoms. The van der Waals surface area contributed by atoms with E-state index in [1.807, 2.05) is 0 Å². The number of carbonyl (C=O) groups excluding carboxylic acids is 1. The van der Waals surface area contributed by atoms with E-state index in [0.717, 1.165) is 5.82 Å². The van der Waals surface area contributed by atoms with Gasteiger partial charge in [-0.1, -0.05) is 38.5 Å². The molecule has 0 N–H and O–H groups in total. The highest BCUT2D eigenvalue weighted by Gasteiger charge is 2.33. The van der Waals surface area contributed by atoms with Gasteiger partial charge in [0.05, 0.1) is 5.56 Å². The van der Waals surface area contributed by atoms with E-state index in [-0.39, 0.29) is 5.91 Å². The Bertz CT molecular complexity index is 537. The average molecular weight is 327 g/mol. The largest absolute Gasteiger partial charge is 0.333 e. The summed E-state index contributed by atoms with van der Waals surface area (Å²) in [6.07, 6.45) is 18.3. The summed E-state index contributed by atoms with van der Waals surface area (Å²) in [6.45, 7) is 0. The van der Waals surface area contributed by atoms with Crippen molar-refractivity contribution in [3.05, 3.63) is 23.8 Å². The number of hydrogen-bond acceptors (Lipinski definition) is 3. The minimum Gasteiger partial charge on any atom is -0.333 e. The van der Waals surface area contributed by atoms with Crippen molar-refractivity contribution in [2.24, 2.45) is 0 Å². The van der Waals surface area contributed by atoms with Crippen molar-refractivity contribution in [2.75, 3.05) is 0 Å². The highest BCUT2D eigenvalue weighted by Crippen LogP contribution is 2.37. The van der Waals surface area contributed by atoms with Crippen LogP contribution < -0.4 is 0 Å². The molecule has 1 heterocycles. The van der Waals surface area contributed by atoms with Gasteiger partial charge in [-0.05, 0) is 38.5 Å². The molecule has 0 unspecified atom stereocenters. The maximum Gasteiger partial charge on any atom is 0.257 e. The zero-order valence-corrected chi connectivity index (χ0v) is 14.6. The Hall–Kier alpha value is -1.45. The van der Waals surface area contributed by atoms with Crippen molar-refractivity contribution in [2.45, 2.75) is 95.1 Å². The molecule has 4 nitrogen and oxygen atoms in total. The second-order valence-electron chi connectivity index (χ2n) is 7.90. The Labute approximate surface area is 145 Å². The van der Waals surface area contributed by atoms with Crippen molar-refractivity contribution in [3.8, 4) is 0 Å². The predicted molar refractivity (Wildman–Crippen MR) is 93.9 cm³/mol. The van der Waals surface area contributed by atoms with E-state index in [1.54, 1.807) is 12.4 Å². The topological polar surface area (TPSA) is 46.1 Å². The molecule has 1 aromatic heterocycles. The van der Waals surface area contributed by atoms with Crippen LogP contribution in [0.4, 0.5) is 0 Å². The lowest BCUT2D eigenvalue weighted by molar-refractivity contribution is 0.0447. The molecule has 3 aliphatic rings. The van der Waals surface area contributed by atoms with Crippen molar-refractivity contribution in [1.29, 1.82) is 0 Å². The summed E-state index contributed by atoms with van der Waals surface area (Å²) in [5, 5.41) is 0. The van der Waals surface area contributed by atoms with Gasteiger partial charge in [-0.3, -0.25) is 4.79 Å². The summed E-state index contributed by atoms with van der Waals surface area (Å²) in [5.41, 5.74) is 0.690. The SMILES string of the molecule is O=C(c1cnc(C2CC2)nc1)N(C1CCCCC1)C1CCCCC1. The van der Waals surface area contributed by atoms with Crippen LogP contribution in [0.15, 0.2) is 12.4 Å². The summed E-state index contributed by atoms with van der Waals surface area (Å²) in [7, 11) is 0. The van der Waals surface area contributed by atoms with Crippen LogP contribution in [0.25, 0.3) is 0 Å². The predicted octanol–water partition coefficient (Wildman–Crippen LogP) is 4.46. The van der Waals surface area contributed by atoms with Crippen molar-refractivity contribution in [3.63, 3.8) is 0 Å². The Morgan fingerprint density at radius 3 is 1.75 bits per heavy atom. The monoisotopic (exact) mass is 327 g/mol. The number of rotatable bonds is 4. The molecule has 4 rings (SSSR count). The van der Waals surface area contributed by atoms with E-state index in [1.165, 1.54) is 77.0 Å². The van der Waals surface area contributed by atoms with E-state index >= 15 is 0 Å². The van der Waals surface area contributed by atoms with Gasteiger partial charge in [0.1, 0.15) is 5.82 Å². The normalized spacial score (nSPS) is 23.2. The molecule has 0 atom stereocenters. The van der Waals surface area contributed by atoms with Gasteiger partial charge in [-0.25, -0.2) is 9.97 Å². The van der Waals surface area contributed by atoms with Gasteiger partial charge in [0.15, 0.2) is 0 Å². The van der Waals surface area contributed by atoms with Crippen molar-refractivity contribution >= 4 is 5.91 Å². The smallest absolute Gasteiger partial charge is 0.257 e. The Kier molecular flexibility index (Phi) is 4.81. The first-order chi connectivity index (χ1) is 11.8. The van der Waals surface area contributed by atoms with Crippen LogP contribution in [-0.4, -0.2) is 32.9 Å². The molecular weight excluding hydrogens is 298 g/mol. The zero-order valence-electron chi connectivity index (χ0n) is 14.6. The second kappa shape index (κ2) is 7.20. The maximum absolute atomic E-state index is 13.3. The van der Waals surface area contributed by atoms with Crippen LogP contribution in [0.2, 0.25) is 0 Å². The lowest BCUT2D eigenvalue weighted by Crippen LogP contribution is -2.48. The number of amides is 1. The fraction of sp³-hybridized carbons (Fsp3) is 0.750. The van der Waals surface area contributed by atoms with Gasteiger partial charge in [-0.2, -0.15) is 0 Å². The van der Waals surface area contributed by atoms with Crippen LogP contribution in [0.5, 0.6) is 0 Å². The van der Waals surface area contributed by atoms with Crippen LogP contribution in [0, 0.1) is 0 Å². The Morgan fingerprint density at radius 1 is 0.792 bits per heavy atom. The van der Waals surface area contributed by atoms with Gasteiger partial charge < -0.3 is 4.90 Å². The van der Waals surface area contributed by atoms with E-state index in [0.29, 0.717) is 23.6 Å². The fourth-order valence-corrected chi connectivity index (χ4v) is 4.50. The van der Waals surface area contributed by atoms with Gasteiger partial charge in [0.25, 0.3) is 5.91 Å². The van der Waals surface area contributed by atoms with E-state index in [9.17, 15) is 4.79 Å². The summed E-state index contributed by atoms with van der Waals surface area (Å²) in [5.74, 6) is 1.64. The van der Waals surface area contributed by atoms with Crippen LogP contribution in [-0.2, 0) is 0 Å². The maximum atomic E-state index is 13.3. The molecule has 4 heteroatoms. The molecule has 0 aromatic carbocycles. The minimum atomic E-state index is 0.177. The highest BCUT2D eigenvalue weighted by atomic mass is 16.2. The first-order valence-corrected chi connectivity index (χ1v) is 9.97. The number of aromatic nitrogens is 2. The van der Waals surface area contributed by atoms with Crippen molar-refractivity contribution in [1.82, 2.24) is 14.9 Å². The van der Waals surface area contributed by atoms with Gasteiger partial charge in [-0.15, -0.1) is 0 Å². The molecule has 0 aliphatic heterocycles. The molecule has 0 radical (unpaired) electrons. The standard InChI is InChI=1S/C20H29N3O/c24-20(16-13-21-19(22-14-16)15-11-12-15)23(17-7-3-1-4-8-17)18-9-5-2-6-10-18/h13-15,17-18H,1-12H2. The molecule has 3 aliphatic carbocycles. The Balaban J connectivity index is 1.54. The van der Waals surface area contributed by atoms with Gasteiger partial charge >= 0.3 is 0 Å². The zero-order chi connectivity index (χ0) is 16.4. The number of carbonyl (C=O) groups is 1. The first-order valence-electron chi connectivity index (χ1n) is 9.97. The fourth-order valence-electron chi connectivity index (χ4n) is 4.50. The van der Waals surface area contributed by atoms with Gasteiger partial charge in [0, 0.05) is 30.4 Å². The minimum absolute atomic E-state index is 0.177. The summed E-state index contributed by atoms with van der Waals surface area (Å²) in [4.78, 5) is 24.5. The molecule has 0 saturated heterocycles. The third-order valence-electron chi connectivity index (χ3n) is 6.03. The average Bonchev–Trinajstić information content (AvgIpc) is 3.49. The van der Waals surface area contributed by atoms with Crippen LogP contribution in [0.1, 0.15) is 99.2 Å². The molecule has 3 fully saturated rings. The number of nitrogens with zero attached hydrogens (tertiary/aromatic N) is 3. The van der Waals surface area contributed by atoms with Crippen LogP contribution >= 0.6 is 0 Å². The molecule has 24 heavy (non-hydrogen) atoms. The second-order valence-corrected chi connectivity index (χ2v) is 7.90. The molecular formula is C20H29N3O. The van der Waals surface area contributed by atoms with E-state index in [2.05, 4.69) is 14.9 Å². The van der Waals surface area contributed by atoms with Crippen LogP contribution in [0.3, 0.4) is 0 Å². The molecule has 3 saturated carbocycles. The van der Waals surface area contributed by atoms with E-state index < -0.39 is 0 Å². The summed E-state index contributed by atoms with van der Waals surface area (Å²) in [6, 6.07) is 0.856. The third kappa shape index (κ3) is 3.47. The summed E-state index contributed by atoms with van der Waals surface area (Å²) < 4.78 is 0. The van der Waals surface area contributed by atoms with Gasteiger partial charge in [0.2, 0.25) is 0 Å². The number of hydrogen-bond donors (Lipinski definition) is 0. The Morgan fingerprint density at radius 2 is 1.29 bits per heavy atom. The summed E-state index contributed by atoms with van der Waals surface area (Å²) >= 11 is 0. The molecule has 1 amide bonds. The first kappa shape index (κ1) is 16.0. The quantitative estimate of drug-likeness (QED) is 0.820. The van der Waals surface area contributed by atoms with Crippen molar-refractivity contribution < 1.29 is 4.79 Å². The molecule has 130 valence electrons. The third-order valence-corrected chi connectivity index (χ3v) is 6.03. The lowest BCUT2D eigenvalue weighted by atomic mass is 9.88. The van der Waals surface area contributed by atoms with E-state index in [4.69, 9.17) is 0 Å². The highest BCUT2D eigenvalue weighted by molar-refractivity contribution is 5.94. The molecule has 1 aromatic rings. The molecule has 0 spiro atoms. The lowest BCUT2D eigenvalue weighted by Gasteiger charge is -2.41.